The summed E-state index contributed by atoms with van der Waals surface area (Å²) in [7, 11) is 0. The Morgan fingerprint density at radius 2 is 1.62 bits per heavy atom. The summed E-state index contributed by atoms with van der Waals surface area (Å²) < 4.78 is 5.50. The van der Waals surface area contributed by atoms with Crippen molar-refractivity contribution < 1.29 is 19.4 Å². The highest BCUT2D eigenvalue weighted by atomic mass is 35.5. The summed E-state index contributed by atoms with van der Waals surface area (Å²) in [6.45, 7) is 1.29. The predicted molar refractivity (Wildman–Crippen MR) is 91.3 cm³/mol. The molecule has 0 aliphatic carbocycles. The monoisotopic (exact) mass is 348 g/mol. The lowest BCUT2D eigenvalue weighted by Crippen LogP contribution is -2.57. The fourth-order valence-electron chi connectivity index (χ4n) is 1.88. The number of halogens is 1. The quantitative estimate of drug-likeness (QED) is 0.552. The highest BCUT2D eigenvalue weighted by Crippen LogP contribution is 2.24. The maximum atomic E-state index is 12.0. The highest BCUT2D eigenvalue weighted by molar-refractivity contribution is 6.24. The summed E-state index contributed by atoms with van der Waals surface area (Å²) in [4.78, 5) is 23.6. The third kappa shape index (κ3) is 4.39. The molecule has 2 unspecified atom stereocenters. The van der Waals surface area contributed by atoms with Gasteiger partial charge in [0.1, 0.15) is 5.75 Å². The smallest absolute Gasteiger partial charge is 0.351 e. The van der Waals surface area contributed by atoms with Gasteiger partial charge in [0.25, 0.3) is 0 Å². The van der Waals surface area contributed by atoms with Crippen LogP contribution in [-0.4, -0.2) is 28.2 Å². The molecule has 24 heavy (non-hydrogen) atoms. The van der Waals surface area contributed by atoms with Gasteiger partial charge >= 0.3 is 12.0 Å². The van der Waals surface area contributed by atoms with E-state index >= 15 is 0 Å². The Morgan fingerprint density at radius 3 is 2.17 bits per heavy atom. The number of nitrogens with one attached hydrogen (secondary N) is 2. The molecule has 3 N–H and O–H groups in total. The van der Waals surface area contributed by atoms with Crippen molar-refractivity contribution >= 4 is 29.3 Å². The van der Waals surface area contributed by atoms with E-state index in [0.29, 0.717) is 11.4 Å². The minimum atomic E-state index is -1.85. The van der Waals surface area contributed by atoms with Crippen LogP contribution in [0.3, 0.4) is 0 Å². The number of hydrogen-bond acceptors (Lipinski definition) is 3. The van der Waals surface area contributed by atoms with Crippen LogP contribution in [0.4, 0.5) is 10.5 Å². The Balaban J connectivity index is 2.07. The standard InChI is InChI=1S/C17H17ClN2O4/c1-17(15(21)22,24-13-10-6-3-7-11-13)14(18)20-16(23)19-12-8-4-2-5-9-12/h2-11,14H,1H3,(H,21,22)(H2,19,20,23). The fourth-order valence-corrected chi connectivity index (χ4v) is 2.12. The Kier molecular flexibility index (Phi) is 5.65. The van der Waals surface area contributed by atoms with Crippen molar-refractivity contribution in [2.24, 2.45) is 0 Å². The Labute approximate surface area is 144 Å². The van der Waals surface area contributed by atoms with Gasteiger partial charge in [0.05, 0.1) is 0 Å². The number of anilines is 1. The maximum absolute atomic E-state index is 12.0. The number of ether oxygens (including phenoxy) is 1. The zero-order valence-electron chi connectivity index (χ0n) is 12.9. The predicted octanol–water partition coefficient (Wildman–Crippen LogP) is 3.30. The Morgan fingerprint density at radius 1 is 1.08 bits per heavy atom. The van der Waals surface area contributed by atoms with Gasteiger partial charge in [-0.15, -0.1) is 0 Å². The molecule has 0 aliphatic heterocycles. The number of benzene rings is 2. The van der Waals surface area contributed by atoms with Gasteiger partial charge in [0.2, 0.25) is 5.60 Å². The molecule has 126 valence electrons. The molecule has 2 aromatic carbocycles. The van der Waals surface area contributed by atoms with Crippen molar-refractivity contribution in [2.75, 3.05) is 5.32 Å². The van der Waals surface area contributed by atoms with Gasteiger partial charge in [-0.25, -0.2) is 9.59 Å². The van der Waals surface area contributed by atoms with Crippen LogP contribution in [0.1, 0.15) is 6.92 Å². The Bertz CT molecular complexity index is 696. The van der Waals surface area contributed by atoms with Crippen LogP contribution < -0.4 is 15.4 Å². The molecule has 0 saturated heterocycles. The molecule has 0 saturated carbocycles. The minimum absolute atomic E-state index is 0.332. The zero-order chi connectivity index (χ0) is 17.6. The molecule has 0 aliphatic rings. The number of alkyl halides is 1. The van der Waals surface area contributed by atoms with Crippen LogP contribution in [0.2, 0.25) is 0 Å². The van der Waals surface area contributed by atoms with E-state index < -0.39 is 23.1 Å². The van der Waals surface area contributed by atoms with Crippen molar-refractivity contribution in [1.29, 1.82) is 0 Å². The summed E-state index contributed by atoms with van der Waals surface area (Å²) in [6.07, 6.45) is 0. The van der Waals surface area contributed by atoms with Crippen molar-refractivity contribution in [3.63, 3.8) is 0 Å². The van der Waals surface area contributed by atoms with Gasteiger partial charge in [0, 0.05) is 5.69 Å². The second kappa shape index (κ2) is 7.70. The number of aliphatic carboxylic acids is 1. The minimum Gasteiger partial charge on any atom is -0.478 e. The first-order valence-corrected chi connectivity index (χ1v) is 7.59. The largest absolute Gasteiger partial charge is 0.478 e. The molecule has 0 heterocycles. The summed E-state index contributed by atoms with van der Waals surface area (Å²) in [5.41, 5.74) is -2.60. The molecular formula is C17H17ClN2O4. The van der Waals surface area contributed by atoms with Crippen LogP contribution in [0.5, 0.6) is 5.75 Å². The van der Waals surface area contributed by atoms with Crippen LogP contribution in [-0.2, 0) is 4.79 Å². The SMILES string of the molecule is CC(Oc1ccccc1)(C(=O)O)C(Cl)NC(=O)Nc1ccccc1. The van der Waals surface area contributed by atoms with Crippen molar-refractivity contribution in [1.82, 2.24) is 5.32 Å². The number of rotatable bonds is 6. The second-order valence-electron chi connectivity index (χ2n) is 5.15. The number of carbonyl (C=O) groups excluding carboxylic acids is 1. The molecule has 2 rings (SSSR count). The molecule has 0 aromatic heterocycles. The van der Waals surface area contributed by atoms with E-state index in [4.69, 9.17) is 16.3 Å². The molecule has 0 bridgehead atoms. The number of carboxylic acid groups (broad SMARTS) is 1. The van der Waals surface area contributed by atoms with Crippen LogP contribution in [0, 0.1) is 0 Å². The molecule has 2 aromatic rings. The lowest BCUT2D eigenvalue weighted by molar-refractivity contribution is -0.154. The van der Waals surface area contributed by atoms with Gasteiger partial charge in [-0.2, -0.15) is 0 Å². The second-order valence-corrected chi connectivity index (χ2v) is 5.59. The number of urea groups is 1. The van der Waals surface area contributed by atoms with Gasteiger partial charge in [-0.05, 0) is 31.2 Å². The Hall–Kier alpha value is -2.73. The van der Waals surface area contributed by atoms with Crippen molar-refractivity contribution in [3.05, 3.63) is 60.7 Å². The van der Waals surface area contributed by atoms with E-state index in [0.717, 1.165) is 0 Å². The summed E-state index contributed by atoms with van der Waals surface area (Å²) in [5.74, 6) is -0.968. The van der Waals surface area contributed by atoms with Gasteiger partial charge in [0.15, 0.2) is 5.50 Å². The maximum Gasteiger partial charge on any atom is 0.351 e. The first kappa shape index (κ1) is 17.6. The molecular weight excluding hydrogens is 332 g/mol. The zero-order valence-corrected chi connectivity index (χ0v) is 13.7. The number of carbonyl (C=O) groups is 2. The summed E-state index contributed by atoms with van der Waals surface area (Å²) in [5, 5.41) is 14.4. The number of carboxylic acids is 1. The fraction of sp³-hybridized carbons (Fsp3) is 0.176. The van der Waals surface area contributed by atoms with E-state index in [1.807, 2.05) is 6.07 Å². The molecule has 6 nitrogen and oxygen atoms in total. The van der Waals surface area contributed by atoms with Gasteiger partial charge in [-0.3, -0.25) is 0 Å². The first-order valence-electron chi connectivity index (χ1n) is 7.16. The van der Waals surface area contributed by atoms with Crippen LogP contribution >= 0.6 is 11.6 Å². The topological polar surface area (TPSA) is 87.7 Å². The summed E-state index contributed by atoms with van der Waals surface area (Å²) in [6, 6.07) is 16.5. The highest BCUT2D eigenvalue weighted by Gasteiger charge is 2.44. The molecule has 0 fully saturated rings. The van der Waals surface area contributed by atoms with E-state index in [9.17, 15) is 14.7 Å². The normalized spacial score (nSPS) is 14.1. The van der Waals surface area contributed by atoms with Crippen molar-refractivity contribution in [3.8, 4) is 5.75 Å². The van der Waals surface area contributed by atoms with Gasteiger partial charge in [-0.1, -0.05) is 48.0 Å². The number of para-hydroxylation sites is 2. The van der Waals surface area contributed by atoms with E-state index in [1.54, 1.807) is 54.6 Å². The van der Waals surface area contributed by atoms with Crippen molar-refractivity contribution in [2.45, 2.75) is 18.0 Å². The molecule has 2 atom stereocenters. The van der Waals surface area contributed by atoms with Crippen LogP contribution in [0.15, 0.2) is 60.7 Å². The third-order valence-electron chi connectivity index (χ3n) is 3.27. The molecule has 7 heteroatoms. The molecule has 0 spiro atoms. The summed E-state index contributed by atoms with van der Waals surface area (Å²) >= 11 is 6.12. The average molecular weight is 349 g/mol. The molecule has 2 amide bonds. The first-order chi connectivity index (χ1) is 11.4. The molecule has 0 radical (unpaired) electrons. The van der Waals surface area contributed by atoms with E-state index in [1.165, 1.54) is 6.92 Å². The van der Waals surface area contributed by atoms with E-state index in [2.05, 4.69) is 10.6 Å². The number of amides is 2. The van der Waals surface area contributed by atoms with E-state index in [-0.39, 0.29) is 0 Å². The van der Waals surface area contributed by atoms with Crippen LogP contribution in [0.25, 0.3) is 0 Å². The third-order valence-corrected chi connectivity index (χ3v) is 3.80. The lowest BCUT2D eigenvalue weighted by atomic mass is 10.1. The average Bonchev–Trinajstić information content (AvgIpc) is 2.56. The van der Waals surface area contributed by atoms with Gasteiger partial charge < -0.3 is 20.5 Å². The number of hydrogen-bond donors (Lipinski definition) is 3. The lowest BCUT2D eigenvalue weighted by Gasteiger charge is -2.31.